The Morgan fingerprint density at radius 2 is 1.53 bits per heavy atom. The molecule has 0 unspecified atom stereocenters. The van der Waals surface area contributed by atoms with Gasteiger partial charge >= 0.3 is 29.6 Å². The van der Waals surface area contributed by atoms with E-state index in [0.29, 0.717) is 23.7 Å². The van der Waals surface area contributed by atoms with Gasteiger partial charge in [-0.2, -0.15) is 0 Å². The maximum atomic E-state index is 12.6. The number of carboxylic acids is 1. The molecule has 0 bridgehead atoms. The van der Waals surface area contributed by atoms with Crippen LogP contribution in [0.1, 0.15) is 106 Å². The maximum absolute atomic E-state index is 12.6. The van der Waals surface area contributed by atoms with Crippen LogP contribution >= 0.6 is 0 Å². The van der Waals surface area contributed by atoms with Gasteiger partial charge in [0.25, 0.3) is 0 Å². The summed E-state index contributed by atoms with van der Waals surface area (Å²) in [6, 6.07) is 0. The predicted molar refractivity (Wildman–Crippen MR) is 130 cm³/mol. The number of hydrogen-bond acceptors (Lipinski definition) is 3. The van der Waals surface area contributed by atoms with Crippen LogP contribution in [0.2, 0.25) is 0 Å². The van der Waals surface area contributed by atoms with Crippen molar-refractivity contribution in [3.8, 4) is 0 Å². The van der Waals surface area contributed by atoms with E-state index in [2.05, 4.69) is 48.1 Å². The summed E-state index contributed by atoms with van der Waals surface area (Å²) in [5, 5.41) is 23.5. The number of aliphatic hydroxyl groups is 1. The Bertz CT molecular complexity index is 867. The summed E-state index contributed by atoms with van der Waals surface area (Å²) in [4.78, 5) is 12.6. The Hall–Kier alpha value is 0.170. The summed E-state index contributed by atoms with van der Waals surface area (Å²) < 4.78 is 0. The van der Waals surface area contributed by atoms with Gasteiger partial charge in [-0.15, -0.1) is 0 Å². The van der Waals surface area contributed by atoms with E-state index < -0.39 is 11.4 Å². The third-order valence-electron chi connectivity index (χ3n) is 13.5. The van der Waals surface area contributed by atoms with Gasteiger partial charge in [0.1, 0.15) is 0 Å². The molecule has 34 heavy (non-hydrogen) atoms. The van der Waals surface area contributed by atoms with E-state index >= 15 is 0 Å². The van der Waals surface area contributed by atoms with E-state index in [-0.39, 0.29) is 63.2 Å². The Morgan fingerprint density at radius 1 is 0.853 bits per heavy atom. The van der Waals surface area contributed by atoms with E-state index in [1.165, 1.54) is 24.8 Å². The first-order valence-electron chi connectivity index (χ1n) is 13.8. The first-order chi connectivity index (χ1) is 15.3. The molecule has 0 aromatic carbocycles. The summed E-state index contributed by atoms with van der Waals surface area (Å²) in [5.41, 5.74) is 1.15. The van der Waals surface area contributed by atoms with Crippen LogP contribution in [0.4, 0.5) is 0 Å². The molecule has 0 spiro atoms. The maximum Gasteiger partial charge on any atom is 1.00 e. The molecule has 1 N–H and O–H groups in total. The van der Waals surface area contributed by atoms with E-state index in [4.69, 9.17) is 0 Å². The average molecular weight is 479 g/mol. The minimum Gasteiger partial charge on any atom is -0.550 e. The van der Waals surface area contributed by atoms with Crippen molar-refractivity contribution >= 4 is 5.97 Å². The van der Waals surface area contributed by atoms with Gasteiger partial charge in [0.15, 0.2) is 0 Å². The molecule has 0 aromatic heterocycles. The number of carboxylic acid groups (broad SMARTS) is 1. The number of fused-ring (bicyclic) bond motifs is 7. The van der Waals surface area contributed by atoms with Crippen molar-refractivity contribution in [2.45, 2.75) is 112 Å². The molecule has 0 aliphatic heterocycles. The van der Waals surface area contributed by atoms with Crippen molar-refractivity contribution in [1.82, 2.24) is 0 Å². The Labute approximate surface area is 230 Å². The van der Waals surface area contributed by atoms with Crippen LogP contribution in [0, 0.1) is 56.7 Å². The summed E-state index contributed by atoms with van der Waals surface area (Å²) in [6.45, 7) is 18.7. The third kappa shape index (κ3) is 3.18. The van der Waals surface area contributed by atoms with Gasteiger partial charge in [-0.3, -0.25) is 0 Å². The number of rotatable bonds is 2. The first-order valence-corrected chi connectivity index (χ1v) is 13.8. The van der Waals surface area contributed by atoms with Crippen LogP contribution in [0.15, 0.2) is 12.2 Å². The molecule has 0 radical (unpaired) electrons. The molecule has 3 nitrogen and oxygen atoms in total. The molecule has 0 heterocycles. The standard InChI is InChI=1S/C30H48O3.Na/c1-18(2)19-10-15-30(25(32)33)17-16-28(6)20(24(19)30)8-9-22-27(5)13-12-23(31)26(3,4)21(27)11-14-29(22,28)7;/h19-24,31H,1,8-17H2,2-7H3,(H,32,33);/q;+1/p-1/t19-,20+,21-,22+,23-,24+,27-,28+,29+,30-;/m0./s1. The summed E-state index contributed by atoms with van der Waals surface area (Å²) in [5.74, 6) is 1.38. The van der Waals surface area contributed by atoms with Crippen molar-refractivity contribution in [1.29, 1.82) is 0 Å². The van der Waals surface area contributed by atoms with Crippen LogP contribution in [0.25, 0.3) is 0 Å². The molecule has 0 saturated heterocycles. The minimum absolute atomic E-state index is 0. The molecule has 5 aliphatic carbocycles. The van der Waals surface area contributed by atoms with Crippen molar-refractivity contribution in [3.05, 3.63) is 12.2 Å². The topological polar surface area (TPSA) is 60.4 Å². The van der Waals surface area contributed by atoms with Crippen LogP contribution in [-0.4, -0.2) is 17.2 Å². The normalized spacial score (nSPS) is 53.4. The van der Waals surface area contributed by atoms with Crippen LogP contribution in [0.3, 0.4) is 0 Å². The third-order valence-corrected chi connectivity index (χ3v) is 13.5. The quantitative estimate of drug-likeness (QED) is 0.490. The molecule has 5 saturated carbocycles. The second kappa shape index (κ2) is 8.34. The van der Waals surface area contributed by atoms with E-state index in [0.717, 1.165) is 44.9 Å². The van der Waals surface area contributed by atoms with Crippen LogP contribution in [-0.2, 0) is 4.79 Å². The van der Waals surface area contributed by atoms with E-state index in [9.17, 15) is 15.0 Å². The van der Waals surface area contributed by atoms with Gasteiger partial charge in [-0.05, 0) is 122 Å². The average Bonchev–Trinajstić information content (AvgIpc) is 3.13. The molecular formula is C30H47NaO3. The van der Waals surface area contributed by atoms with Crippen LogP contribution < -0.4 is 34.7 Å². The van der Waals surface area contributed by atoms with Crippen LogP contribution in [0.5, 0.6) is 0 Å². The molecule has 186 valence electrons. The first kappa shape index (κ1) is 27.2. The number of hydrogen-bond donors (Lipinski definition) is 1. The number of aliphatic hydroxyl groups excluding tert-OH is 1. The number of carbonyl (C=O) groups excluding carboxylic acids is 1. The summed E-state index contributed by atoms with van der Waals surface area (Å²) in [7, 11) is 0. The Morgan fingerprint density at radius 3 is 2.15 bits per heavy atom. The molecule has 5 fully saturated rings. The van der Waals surface area contributed by atoms with Crippen molar-refractivity contribution in [3.63, 3.8) is 0 Å². The SMILES string of the molecule is C=C(C)[C@@H]1CC[C@]2(C(=O)[O-])CC[C@]3(C)[C@H](CC[C@@H]4[C@@]5(C)CC[C@H](O)C(C)(C)[C@@H]5CC[C@]43C)[C@@H]12.[Na+]. The zero-order chi connectivity index (χ0) is 24.2. The number of aliphatic carboxylic acids is 1. The monoisotopic (exact) mass is 478 g/mol. The van der Waals surface area contributed by atoms with E-state index in [1.54, 1.807) is 0 Å². The van der Waals surface area contributed by atoms with Gasteiger partial charge in [0.05, 0.1) is 6.10 Å². The number of carbonyl (C=O) groups is 1. The summed E-state index contributed by atoms with van der Waals surface area (Å²) in [6.07, 6.45) is 10.1. The molecule has 5 aliphatic rings. The van der Waals surface area contributed by atoms with Crippen molar-refractivity contribution in [2.75, 3.05) is 0 Å². The van der Waals surface area contributed by atoms with E-state index in [1.807, 2.05) is 0 Å². The molecule has 0 aromatic rings. The molecule has 0 amide bonds. The number of allylic oxidation sites excluding steroid dienone is 1. The fourth-order valence-electron chi connectivity index (χ4n) is 11.5. The van der Waals surface area contributed by atoms with Crippen molar-refractivity contribution < 1.29 is 44.6 Å². The second-order valence-electron chi connectivity index (χ2n) is 14.5. The zero-order valence-corrected chi connectivity index (χ0v) is 25.0. The van der Waals surface area contributed by atoms with Crippen molar-refractivity contribution in [2.24, 2.45) is 56.7 Å². The van der Waals surface area contributed by atoms with Gasteiger partial charge in [-0.25, -0.2) is 0 Å². The Kier molecular flexibility index (Phi) is 6.67. The minimum atomic E-state index is -0.788. The molecule has 4 heteroatoms. The molecule has 5 rings (SSSR count). The zero-order valence-electron chi connectivity index (χ0n) is 23.0. The predicted octanol–water partition coefficient (Wildman–Crippen LogP) is 2.76. The summed E-state index contributed by atoms with van der Waals surface area (Å²) >= 11 is 0. The van der Waals surface area contributed by atoms with Gasteiger partial charge in [0, 0.05) is 11.4 Å². The van der Waals surface area contributed by atoms with Gasteiger partial charge in [0.2, 0.25) is 0 Å². The van der Waals surface area contributed by atoms with Gasteiger partial charge < -0.3 is 15.0 Å². The fourth-order valence-corrected chi connectivity index (χ4v) is 11.5. The fraction of sp³-hybridized carbons (Fsp3) is 0.900. The Balaban J connectivity index is 0.00000274. The molecular weight excluding hydrogens is 431 g/mol. The largest absolute Gasteiger partial charge is 1.00 e. The molecule has 10 atom stereocenters. The second-order valence-corrected chi connectivity index (χ2v) is 14.5. The smallest absolute Gasteiger partial charge is 0.550 e. The van der Waals surface area contributed by atoms with Gasteiger partial charge in [-0.1, -0.05) is 46.8 Å².